The van der Waals surface area contributed by atoms with Gasteiger partial charge >= 0.3 is 0 Å². The molecule has 0 fully saturated rings. The minimum Gasteiger partial charge on any atom is -0.456 e. The number of hydrogen-bond acceptors (Lipinski definition) is 4. The third-order valence-electron chi connectivity index (χ3n) is 9.02. The van der Waals surface area contributed by atoms with Crippen molar-refractivity contribution in [2.45, 2.75) is 0 Å². The number of rotatable bonds is 3. The van der Waals surface area contributed by atoms with Gasteiger partial charge in [-0.3, -0.25) is 4.57 Å². The smallest absolute Gasteiger partial charge is 0.238 e. The molecule has 0 saturated carbocycles. The Kier molecular flexibility index (Phi) is 5.22. The first kappa shape index (κ1) is 25.0. The molecule has 46 heavy (non-hydrogen) atoms. The van der Waals surface area contributed by atoms with Gasteiger partial charge < -0.3 is 4.42 Å². The molecule has 0 aliphatic rings. The van der Waals surface area contributed by atoms with Crippen molar-refractivity contribution in [1.29, 1.82) is 0 Å². The van der Waals surface area contributed by atoms with Crippen molar-refractivity contribution in [3.8, 4) is 28.7 Å². The van der Waals surface area contributed by atoms with Gasteiger partial charge in [0.15, 0.2) is 11.6 Å². The van der Waals surface area contributed by atoms with Crippen LogP contribution in [0.15, 0.2) is 150 Å². The van der Waals surface area contributed by atoms with Gasteiger partial charge in [0.1, 0.15) is 11.2 Å². The largest absolute Gasteiger partial charge is 0.456 e. The summed E-state index contributed by atoms with van der Waals surface area (Å²) in [7, 11) is 0. The maximum absolute atomic E-state index is 6.42. The van der Waals surface area contributed by atoms with Crippen molar-refractivity contribution < 1.29 is 4.42 Å². The van der Waals surface area contributed by atoms with Crippen LogP contribution in [0.25, 0.3) is 94.0 Å². The Morgan fingerprint density at radius 3 is 2.02 bits per heavy atom. The van der Waals surface area contributed by atoms with E-state index in [0.29, 0.717) is 17.6 Å². The molecule has 7 aromatic carbocycles. The molecule has 5 heteroatoms. The van der Waals surface area contributed by atoms with E-state index in [-0.39, 0.29) is 0 Å². The summed E-state index contributed by atoms with van der Waals surface area (Å²) in [6.07, 6.45) is 0. The Hall–Kier alpha value is -6.33. The van der Waals surface area contributed by atoms with Gasteiger partial charge in [-0.1, -0.05) is 115 Å². The summed E-state index contributed by atoms with van der Waals surface area (Å²) in [4.78, 5) is 15.5. The Labute approximate surface area is 263 Å². The minimum atomic E-state index is 0.570. The van der Waals surface area contributed by atoms with Gasteiger partial charge in [0.2, 0.25) is 5.95 Å². The molecule has 0 atom stereocenters. The van der Waals surface area contributed by atoms with E-state index in [1.54, 1.807) is 0 Å². The molecular weight excluding hydrogens is 564 g/mol. The monoisotopic (exact) mass is 588 g/mol. The summed E-state index contributed by atoms with van der Waals surface area (Å²) >= 11 is 0. The topological polar surface area (TPSA) is 56.7 Å². The van der Waals surface area contributed by atoms with Crippen LogP contribution in [0.1, 0.15) is 0 Å². The second-order valence-corrected chi connectivity index (χ2v) is 11.7. The van der Waals surface area contributed by atoms with Gasteiger partial charge in [0.25, 0.3) is 0 Å². The van der Waals surface area contributed by atoms with E-state index in [9.17, 15) is 0 Å². The molecule has 0 unspecified atom stereocenters. The van der Waals surface area contributed by atoms with Crippen molar-refractivity contribution in [2.24, 2.45) is 0 Å². The Morgan fingerprint density at radius 1 is 0.435 bits per heavy atom. The molecule has 214 valence electrons. The standard InChI is InChI=1S/C41H24N4O/c1-2-12-26(13-3-1)39-42-40(31-18-10-20-35-38(31)32-23-27-14-4-5-15-28(27)24-36(32)46-35)44-41(43-39)45-33-19-9-8-17-30(33)37-29-16-7-6-11-25(29)21-22-34(37)45/h1-24H. The van der Waals surface area contributed by atoms with Crippen molar-refractivity contribution in [3.05, 3.63) is 146 Å². The molecule has 0 bridgehead atoms. The Balaban J connectivity index is 1.31. The maximum Gasteiger partial charge on any atom is 0.238 e. The average Bonchev–Trinajstić information content (AvgIpc) is 3.66. The second kappa shape index (κ2) is 9.58. The van der Waals surface area contributed by atoms with Crippen molar-refractivity contribution in [2.75, 3.05) is 0 Å². The summed E-state index contributed by atoms with van der Waals surface area (Å²) < 4.78 is 8.60. The lowest BCUT2D eigenvalue weighted by Gasteiger charge is -2.11. The highest BCUT2D eigenvalue weighted by Crippen LogP contribution is 2.39. The molecule has 0 amide bonds. The molecular formula is C41H24N4O. The predicted molar refractivity (Wildman–Crippen MR) is 187 cm³/mol. The lowest BCUT2D eigenvalue weighted by atomic mass is 10.0. The lowest BCUT2D eigenvalue weighted by molar-refractivity contribution is 0.669. The minimum absolute atomic E-state index is 0.570. The first-order chi connectivity index (χ1) is 22.8. The number of fused-ring (bicyclic) bond motifs is 9. The van der Waals surface area contributed by atoms with Crippen molar-refractivity contribution in [1.82, 2.24) is 19.5 Å². The molecule has 5 nitrogen and oxygen atoms in total. The van der Waals surface area contributed by atoms with Crippen LogP contribution >= 0.6 is 0 Å². The van der Waals surface area contributed by atoms with Crippen LogP contribution in [0.3, 0.4) is 0 Å². The highest BCUT2D eigenvalue weighted by Gasteiger charge is 2.21. The van der Waals surface area contributed by atoms with Crippen LogP contribution in [-0.4, -0.2) is 19.5 Å². The van der Waals surface area contributed by atoms with Crippen LogP contribution < -0.4 is 0 Å². The first-order valence-electron chi connectivity index (χ1n) is 15.4. The molecule has 10 rings (SSSR count). The highest BCUT2D eigenvalue weighted by molar-refractivity contribution is 6.21. The molecule has 0 saturated heterocycles. The molecule has 0 N–H and O–H groups in total. The molecule has 3 heterocycles. The summed E-state index contributed by atoms with van der Waals surface area (Å²) in [6.45, 7) is 0. The van der Waals surface area contributed by atoms with Gasteiger partial charge in [-0.05, 0) is 51.9 Å². The van der Waals surface area contributed by atoms with Crippen LogP contribution in [0.4, 0.5) is 0 Å². The number of aromatic nitrogens is 4. The zero-order valence-electron chi connectivity index (χ0n) is 24.6. The third-order valence-corrected chi connectivity index (χ3v) is 9.02. The summed E-state index contributed by atoms with van der Waals surface area (Å²) in [6, 6.07) is 50.3. The van der Waals surface area contributed by atoms with Gasteiger partial charge in [0, 0.05) is 32.7 Å². The molecule has 0 aliphatic heterocycles. The number of benzene rings is 7. The van der Waals surface area contributed by atoms with Crippen molar-refractivity contribution in [3.63, 3.8) is 0 Å². The normalized spacial score (nSPS) is 11.9. The van der Waals surface area contributed by atoms with Gasteiger partial charge in [0.05, 0.1) is 11.0 Å². The number of furan rings is 1. The quantitative estimate of drug-likeness (QED) is 0.206. The zero-order valence-corrected chi connectivity index (χ0v) is 24.6. The van der Waals surface area contributed by atoms with Crippen LogP contribution in [-0.2, 0) is 0 Å². The Bertz CT molecular complexity index is 2810. The molecule has 0 aliphatic carbocycles. The van der Waals surface area contributed by atoms with E-state index in [2.05, 4.69) is 108 Å². The van der Waals surface area contributed by atoms with Crippen molar-refractivity contribution >= 4 is 65.3 Å². The highest BCUT2D eigenvalue weighted by atomic mass is 16.3. The molecule has 3 aromatic heterocycles. The van der Waals surface area contributed by atoms with Crippen LogP contribution in [0.2, 0.25) is 0 Å². The third kappa shape index (κ3) is 3.66. The number of nitrogens with zero attached hydrogens (tertiary/aromatic N) is 4. The van der Waals surface area contributed by atoms with E-state index in [1.807, 2.05) is 42.5 Å². The lowest BCUT2D eigenvalue weighted by Crippen LogP contribution is -2.06. The second-order valence-electron chi connectivity index (χ2n) is 11.7. The van der Waals surface area contributed by atoms with E-state index in [1.165, 1.54) is 16.2 Å². The van der Waals surface area contributed by atoms with E-state index in [0.717, 1.165) is 60.3 Å². The first-order valence-corrected chi connectivity index (χ1v) is 15.4. The summed E-state index contributed by atoms with van der Waals surface area (Å²) in [5, 5.41) is 9.08. The fourth-order valence-electron chi connectivity index (χ4n) is 6.95. The van der Waals surface area contributed by atoms with Crippen LogP contribution in [0.5, 0.6) is 0 Å². The van der Waals surface area contributed by atoms with E-state index < -0.39 is 0 Å². The summed E-state index contributed by atoms with van der Waals surface area (Å²) in [5.41, 5.74) is 5.56. The molecule has 0 radical (unpaired) electrons. The van der Waals surface area contributed by atoms with E-state index in [4.69, 9.17) is 19.4 Å². The fraction of sp³-hybridized carbons (Fsp3) is 0. The molecule has 10 aromatic rings. The number of para-hydroxylation sites is 1. The Morgan fingerprint density at radius 2 is 1.15 bits per heavy atom. The average molecular weight is 589 g/mol. The summed E-state index contributed by atoms with van der Waals surface area (Å²) in [5.74, 6) is 1.78. The molecule has 0 spiro atoms. The van der Waals surface area contributed by atoms with Gasteiger partial charge in [-0.25, -0.2) is 4.98 Å². The van der Waals surface area contributed by atoms with Gasteiger partial charge in [-0.2, -0.15) is 9.97 Å². The van der Waals surface area contributed by atoms with E-state index >= 15 is 0 Å². The fourth-order valence-corrected chi connectivity index (χ4v) is 6.95. The maximum atomic E-state index is 6.42. The predicted octanol–water partition coefficient (Wildman–Crippen LogP) is 10.5. The SMILES string of the molecule is c1ccc(-c2nc(-c3cccc4oc5cc6ccccc6cc5c34)nc(-n3c4ccccc4c4c5ccccc5ccc43)n2)cc1. The number of hydrogen-bond donors (Lipinski definition) is 0. The van der Waals surface area contributed by atoms with Crippen LogP contribution in [0, 0.1) is 0 Å². The van der Waals surface area contributed by atoms with Gasteiger partial charge in [-0.15, -0.1) is 0 Å². The zero-order chi connectivity index (χ0) is 30.2.